The normalized spacial score (nSPS) is 31.2. The van der Waals surface area contributed by atoms with Gasteiger partial charge in [-0.3, -0.25) is 4.90 Å². The van der Waals surface area contributed by atoms with E-state index >= 15 is 0 Å². The van der Waals surface area contributed by atoms with Crippen molar-refractivity contribution in [2.75, 3.05) is 13.1 Å². The molecule has 1 aromatic rings. The zero-order chi connectivity index (χ0) is 9.54. The molecule has 2 nitrogen and oxygen atoms in total. The average molecular weight is 188 g/mol. The molecular formula is C12H16N2. The summed E-state index contributed by atoms with van der Waals surface area (Å²) >= 11 is 0. The number of hydrogen-bond acceptors (Lipinski definition) is 2. The minimum absolute atomic E-state index is 0.627. The fourth-order valence-corrected chi connectivity index (χ4v) is 2.69. The quantitative estimate of drug-likeness (QED) is 0.664. The Morgan fingerprint density at radius 1 is 1.36 bits per heavy atom. The Balaban J connectivity index is 1.94. The molecule has 0 amide bonds. The zero-order valence-corrected chi connectivity index (χ0v) is 8.53. The molecule has 1 fully saturated rings. The molecule has 0 bridgehead atoms. The summed E-state index contributed by atoms with van der Waals surface area (Å²) in [6, 6.07) is 10.1. The number of piperazine rings is 1. The predicted molar refractivity (Wildman–Crippen MR) is 57.1 cm³/mol. The number of benzene rings is 1. The molecule has 0 radical (unpaired) electrons. The maximum Gasteiger partial charge on any atom is 0.0480 e. The molecule has 1 aromatic carbocycles. The molecular weight excluding hydrogens is 172 g/mol. The van der Waals surface area contributed by atoms with Gasteiger partial charge in [0.05, 0.1) is 0 Å². The van der Waals surface area contributed by atoms with Crippen molar-refractivity contribution in [1.82, 2.24) is 10.2 Å². The highest BCUT2D eigenvalue weighted by molar-refractivity contribution is 5.34. The molecule has 2 unspecified atom stereocenters. The first-order valence-corrected chi connectivity index (χ1v) is 5.40. The summed E-state index contributed by atoms with van der Waals surface area (Å²) in [7, 11) is 0. The Hall–Kier alpha value is -0.860. The summed E-state index contributed by atoms with van der Waals surface area (Å²) in [4.78, 5) is 2.59. The molecule has 2 heteroatoms. The lowest BCUT2D eigenvalue weighted by molar-refractivity contribution is 0.149. The van der Waals surface area contributed by atoms with E-state index in [9.17, 15) is 0 Å². The van der Waals surface area contributed by atoms with E-state index in [4.69, 9.17) is 0 Å². The van der Waals surface area contributed by atoms with Crippen LogP contribution in [-0.2, 0) is 6.54 Å². The Morgan fingerprint density at radius 3 is 3.14 bits per heavy atom. The molecule has 2 aliphatic heterocycles. The second kappa shape index (κ2) is 3.07. The van der Waals surface area contributed by atoms with Crippen LogP contribution in [0.3, 0.4) is 0 Å². The van der Waals surface area contributed by atoms with Crippen LogP contribution in [0.5, 0.6) is 0 Å². The smallest absolute Gasteiger partial charge is 0.0480 e. The summed E-state index contributed by atoms with van der Waals surface area (Å²) in [5.41, 5.74) is 3.06. The number of fused-ring (bicyclic) bond motifs is 3. The Kier molecular flexibility index (Phi) is 1.85. The van der Waals surface area contributed by atoms with Crippen LogP contribution in [-0.4, -0.2) is 24.0 Å². The highest BCUT2D eigenvalue weighted by Crippen LogP contribution is 2.34. The van der Waals surface area contributed by atoms with E-state index in [1.54, 1.807) is 0 Å². The van der Waals surface area contributed by atoms with E-state index in [-0.39, 0.29) is 0 Å². The molecule has 74 valence electrons. The lowest BCUT2D eigenvalue weighted by Crippen LogP contribution is -2.48. The maximum atomic E-state index is 3.55. The fraction of sp³-hybridized carbons (Fsp3) is 0.500. The topological polar surface area (TPSA) is 15.3 Å². The highest BCUT2D eigenvalue weighted by Gasteiger charge is 2.33. The van der Waals surface area contributed by atoms with Crippen molar-refractivity contribution in [3.05, 3.63) is 35.4 Å². The summed E-state index contributed by atoms with van der Waals surface area (Å²) in [6.45, 7) is 5.70. The number of rotatable bonds is 0. The van der Waals surface area contributed by atoms with Crippen molar-refractivity contribution in [1.29, 1.82) is 0 Å². The van der Waals surface area contributed by atoms with Gasteiger partial charge in [0.15, 0.2) is 0 Å². The van der Waals surface area contributed by atoms with Crippen LogP contribution in [0.15, 0.2) is 24.3 Å². The van der Waals surface area contributed by atoms with E-state index in [0.717, 1.165) is 13.1 Å². The summed E-state index contributed by atoms with van der Waals surface area (Å²) in [6.07, 6.45) is 0. The Labute approximate surface area is 84.9 Å². The van der Waals surface area contributed by atoms with Gasteiger partial charge in [0.1, 0.15) is 0 Å². The third-order valence-electron chi connectivity index (χ3n) is 3.40. The van der Waals surface area contributed by atoms with Gasteiger partial charge in [0.25, 0.3) is 0 Å². The van der Waals surface area contributed by atoms with E-state index < -0.39 is 0 Å². The van der Waals surface area contributed by atoms with Crippen LogP contribution < -0.4 is 5.32 Å². The molecule has 2 aliphatic rings. The van der Waals surface area contributed by atoms with E-state index in [0.29, 0.717) is 12.1 Å². The van der Waals surface area contributed by atoms with Gasteiger partial charge in [-0.05, 0) is 18.1 Å². The summed E-state index contributed by atoms with van der Waals surface area (Å²) < 4.78 is 0. The SMILES string of the molecule is CC1CN2Cc3ccccc3C2CN1. The van der Waals surface area contributed by atoms with Crippen LogP contribution in [0.4, 0.5) is 0 Å². The average Bonchev–Trinajstić information content (AvgIpc) is 2.54. The van der Waals surface area contributed by atoms with E-state index in [1.165, 1.54) is 17.7 Å². The predicted octanol–water partition coefficient (Wildman–Crippen LogP) is 1.54. The first kappa shape index (κ1) is 8.45. The van der Waals surface area contributed by atoms with Crippen molar-refractivity contribution in [3.8, 4) is 0 Å². The second-order valence-electron chi connectivity index (χ2n) is 4.45. The molecule has 2 heterocycles. The third kappa shape index (κ3) is 1.18. The number of hydrogen-bond donors (Lipinski definition) is 1. The van der Waals surface area contributed by atoms with Crippen molar-refractivity contribution in [2.45, 2.75) is 25.6 Å². The van der Waals surface area contributed by atoms with Crippen molar-refractivity contribution in [3.63, 3.8) is 0 Å². The van der Waals surface area contributed by atoms with Gasteiger partial charge < -0.3 is 5.32 Å². The number of nitrogens with zero attached hydrogens (tertiary/aromatic N) is 1. The van der Waals surface area contributed by atoms with Gasteiger partial charge in [0.2, 0.25) is 0 Å². The molecule has 0 aromatic heterocycles. The molecule has 0 spiro atoms. The molecule has 2 atom stereocenters. The lowest BCUT2D eigenvalue weighted by atomic mass is 10.0. The summed E-state index contributed by atoms with van der Waals surface area (Å²) in [5, 5.41) is 3.55. The first-order chi connectivity index (χ1) is 6.84. The minimum atomic E-state index is 0.627. The zero-order valence-electron chi connectivity index (χ0n) is 8.53. The van der Waals surface area contributed by atoms with Crippen LogP contribution in [0.2, 0.25) is 0 Å². The van der Waals surface area contributed by atoms with Crippen LogP contribution in [0, 0.1) is 0 Å². The standard InChI is InChI=1S/C12H16N2/c1-9-7-14-8-10-4-2-3-5-11(10)12(14)6-13-9/h2-5,9,12-13H,6-8H2,1H3. The molecule has 1 N–H and O–H groups in total. The second-order valence-corrected chi connectivity index (χ2v) is 4.45. The Bertz CT molecular complexity index is 348. The van der Waals surface area contributed by atoms with Crippen molar-refractivity contribution < 1.29 is 0 Å². The Morgan fingerprint density at radius 2 is 2.21 bits per heavy atom. The fourth-order valence-electron chi connectivity index (χ4n) is 2.69. The number of nitrogens with one attached hydrogen (secondary N) is 1. The molecule has 0 saturated carbocycles. The minimum Gasteiger partial charge on any atom is -0.311 e. The third-order valence-corrected chi connectivity index (χ3v) is 3.40. The largest absolute Gasteiger partial charge is 0.311 e. The van der Waals surface area contributed by atoms with Crippen LogP contribution in [0.1, 0.15) is 24.1 Å². The monoisotopic (exact) mass is 188 g/mol. The maximum absolute atomic E-state index is 3.55. The van der Waals surface area contributed by atoms with Gasteiger partial charge in [-0.25, -0.2) is 0 Å². The first-order valence-electron chi connectivity index (χ1n) is 5.40. The molecule has 14 heavy (non-hydrogen) atoms. The highest BCUT2D eigenvalue weighted by atomic mass is 15.2. The lowest BCUT2D eigenvalue weighted by Gasteiger charge is -2.34. The molecule has 3 rings (SSSR count). The molecule has 0 aliphatic carbocycles. The van der Waals surface area contributed by atoms with Crippen LogP contribution >= 0.6 is 0 Å². The molecule has 1 saturated heterocycles. The van der Waals surface area contributed by atoms with Gasteiger partial charge >= 0.3 is 0 Å². The van der Waals surface area contributed by atoms with E-state index in [1.807, 2.05) is 0 Å². The van der Waals surface area contributed by atoms with Gasteiger partial charge in [-0.1, -0.05) is 24.3 Å². The van der Waals surface area contributed by atoms with E-state index in [2.05, 4.69) is 41.4 Å². The van der Waals surface area contributed by atoms with Crippen molar-refractivity contribution in [2.24, 2.45) is 0 Å². The van der Waals surface area contributed by atoms with Gasteiger partial charge in [-0.15, -0.1) is 0 Å². The van der Waals surface area contributed by atoms with Crippen molar-refractivity contribution >= 4 is 0 Å². The van der Waals surface area contributed by atoms with Gasteiger partial charge in [-0.2, -0.15) is 0 Å². The summed E-state index contributed by atoms with van der Waals surface area (Å²) in [5.74, 6) is 0. The van der Waals surface area contributed by atoms with Gasteiger partial charge in [0, 0.05) is 31.7 Å². The van der Waals surface area contributed by atoms with Crippen LogP contribution in [0.25, 0.3) is 0 Å².